The second-order valence-electron chi connectivity index (χ2n) is 5.03. The number of nitro groups is 1. The maximum atomic E-state index is 12.1. The topological polar surface area (TPSA) is 72.2 Å². The molecule has 0 saturated heterocycles. The average Bonchev–Trinajstić information content (AvgIpc) is 2.56. The fourth-order valence-electron chi connectivity index (χ4n) is 2.28. The molecule has 0 saturated carbocycles. The lowest BCUT2D eigenvalue weighted by molar-refractivity contribution is -0.384. The van der Waals surface area contributed by atoms with Gasteiger partial charge in [-0.2, -0.15) is 0 Å². The third kappa shape index (κ3) is 3.91. The predicted molar refractivity (Wildman–Crippen MR) is 84.9 cm³/mol. The van der Waals surface area contributed by atoms with E-state index >= 15 is 0 Å². The van der Waals surface area contributed by atoms with Crippen LogP contribution < -0.4 is 5.32 Å². The van der Waals surface area contributed by atoms with Gasteiger partial charge in [0.15, 0.2) is 0 Å². The summed E-state index contributed by atoms with van der Waals surface area (Å²) >= 11 is 0. The summed E-state index contributed by atoms with van der Waals surface area (Å²) in [7, 11) is 0. The summed E-state index contributed by atoms with van der Waals surface area (Å²) < 4.78 is 0. The second-order valence-corrected chi connectivity index (χ2v) is 5.03. The second kappa shape index (κ2) is 7.36. The van der Waals surface area contributed by atoms with E-state index in [1.165, 1.54) is 29.8 Å². The molecular weight excluding hydrogens is 280 g/mol. The molecule has 0 spiro atoms. The van der Waals surface area contributed by atoms with Crippen molar-refractivity contribution >= 4 is 11.6 Å². The van der Waals surface area contributed by atoms with Crippen molar-refractivity contribution in [3.63, 3.8) is 0 Å². The zero-order valence-electron chi connectivity index (χ0n) is 12.4. The van der Waals surface area contributed by atoms with E-state index in [0.29, 0.717) is 12.1 Å². The molecule has 5 nitrogen and oxygen atoms in total. The molecule has 2 rings (SSSR count). The van der Waals surface area contributed by atoms with Crippen LogP contribution in [0.1, 0.15) is 35.2 Å². The molecule has 1 amide bonds. The van der Waals surface area contributed by atoms with Crippen LogP contribution in [0.15, 0.2) is 54.6 Å². The molecule has 0 aliphatic rings. The Morgan fingerprint density at radius 3 is 2.32 bits per heavy atom. The summed E-state index contributed by atoms with van der Waals surface area (Å²) in [5, 5.41) is 13.5. The van der Waals surface area contributed by atoms with Gasteiger partial charge in [0.1, 0.15) is 0 Å². The smallest absolute Gasteiger partial charge is 0.269 e. The van der Waals surface area contributed by atoms with Crippen molar-refractivity contribution in [3.05, 3.63) is 75.8 Å². The van der Waals surface area contributed by atoms with Crippen LogP contribution in [0, 0.1) is 10.1 Å². The monoisotopic (exact) mass is 298 g/mol. The largest absolute Gasteiger partial charge is 0.351 e. The first-order chi connectivity index (χ1) is 10.6. The lowest BCUT2D eigenvalue weighted by Crippen LogP contribution is -2.28. The van der Waals surface area contributed by atoms with E-state index in [0.717, 1.165) is 6.42 Å². The average molecular weight is 298 g/mol. The predicted octanol–water partition coefficient (Wildman–Crippen LogP) is 3.52. The Kier molecular flexibility index (Phi) is 5.25. The molecule has 0 fully saturated rings. The quantitative estimate of drug-likeness (QED) is 0.655. The Hall–Kier alpha value is -2.69. The third-order valence-corrected chi connectivity index (χ3v) is 3.61. The van der Waals surface area contributed by atoms with Crippen molar-refractivity contribution in [1.29, 1.82) is 0 Å². The van der Waals surface area contributed by atoms with Gasteiger partial charge in [-0.25, -0.2) is 0 Å². The van der Waals surface area contributed by atoms with E-state index in [1.54, 1.807) is 0 Å². The Balaban J connectivity index is 1.98. The van der Waals surface area contributed by atoms with Crippen molar-refractivity contribution < 1.29 is 9.72 Å². The summed E-state index contributed by atoms with van der Waals surface area (Å²) in [4.78, 5) is 22.2. The molecule has 114 valence electrons. The molecular formula is C17H18N2O3. The molecule has 1 N–H and O–H groups in total. The lowest BCUT2D eigenvalue weighted by atomic mass is 9.96. The van der Waals surface area contributed by atoms with Gasteiger partial charge in [0.2, 0.25) is 0 Å². The van der Waals surface area contributed by atoms with Gasteiger partial charge in [0, 0.05) is 30.2 Å². The summed E-state index contributed by atoms with van der Waals surface area (Å²) in [6.07, 6.45) is 0.921. The fourth-order valence-corrected chi connectivity index (χ4v) is 2.28. The Morgan fingerprint density at radius 1 is 1.14 bits per heavy atom. The molecule has 0 aromatic heterocycles. The fraction of sp³-hybridized carbons (Fsp3) is 0.235. The molecule has 0 unspecified atom stereocenters. The van der Waals surface area contributed by atoms with Gasteiger partial charge in [-0.1, -0.05) is 37.3 Å². The molecule has 0 aliphatic carbocycles. The number of amides is 1. The molecule has 0 radical (unpaired) electrons. The van der Waals surface area contributed by atoms with Crippen molar-refractivity contribution in [3.8, 4) is 0 Å². The number of hydrogen-bond donors (Lipinski definition) is 1. The molecule has 1 atom stereocenters. The summed E-state index contributed by atoms with van der Waals surface area (Å²) in [5.74, 6) is 0.0347. The number of nitrogens with one attached hydrogen (secondary N) is 1. The number of benzene rings is 2. The van der Waals surface area contributed by atoms with Crippen LogP contribution in [0.3, 0.4) is 0 Å². The molecule has 2 aromatic carbocycles. The maximum Gasteiger partial charge on any atom is 0.269 e. The highest BCUT2D eigenvalue weighted by atomic mass is 16.6. The first-order valence-electron chi connectivity index (χ1n) is 7.19. The molecule has 22 heavy (non-hydrogen) atoms. The number of nitro benzene ring substituents is 1. The van der Waals surface area contributed by atoms with Crippen LogP contribution in [0.5, 0.6) is 0 Å². The third-order valence-electron chi connectivity index (χ3n) is 3.61. The Labute approximate surface area is 129 Å². The van der Waals surface area contributed by atoms with E-state index in [4.69, 9.17) is 0 Å². The van der Waals surface area contributed by atoms with Crippen LogP contribution in [-0.4, -0.2) is 17.4 Å². The zero-order valence-corrected chi connectivity index (χ0v) is 12.4. The molecule has 0 bridgehead atoms. The Bertz CT molecular complexity index is 639. The number of carbonyl (C=O) groups excluding carboxylic acids is 1. The standard InChI is InChI=1S/C17H18N2O3/c1-2-13(14-6-4-3-5-7-14)12-18-17(20)15-8-10-16(11-9-15)19(21)22/h3-11,13H,2,12H2,1H3,(H,18,20)/t13-/m1/s1. The van der Waals surface area contributed by atoms with Gasteiger partial charge in [0.05, 0.1) is 4.92 Å². The van der Waals surface area contributed by atoms with E-state index in [-0.39, 0.29) is 17.5 Å². The van der Waals surface area contributed by atoms with Gasteiger partial charge in [-0.05, 0) is 24.1 Å². The normalized spacial score (nSPS) is 11.7. The molecule has 0 aliphatic heterocycles. The number of carbonyl (C=O) groups is 1. The van der Waals surface area contributed by atoms with Gasteiger partial charge in [-0.3, -0.25) is 14.9 Å². The SMILES string of the molecule is CC[C@H](CNC(=O)c1ccc([N+](=O)[O-])cc1)c1ccccc1. The van der Waals surface area contributed by atoms with Crippen molar-refractivity contribution in [2.45, 2.75) is 19.3 Å². The van der Waals surface area contributed by atoms with Crippen molar-refractivity contribution in [2.75, 3.05) is 6.54 Å². The summed E-state index contributed by atoms with van der Waals surface area (Å²) in [5.41, 5.74) is 1.59. The van der Waals surface area contributed by atoms with E-state index in [1.807, 2.05) is 30.3 Å². The molecule has 5 heteroatoms. The van der Waals surface area contributed by atoms with Gasteiger partial charge >= 0.3 is 0 Å². The number of rotatable bonds is 6. The molecule has 2 aromatic rings. The zero-order chi connectivity index (χ0) is 15.9. The van der Waals surface area contributed by atoms with Gasteiger partial charge in [0.25, 0.3) is 11.6 Å². The van der Waals surface area contributed by atoms with Gasteiger partial charge < -0.3 is 5.32 Å². The van der Waals surface area contributed by atoms with E-state index in [9.17, 15) is 14.9 Å². The van der Waals surface area contributed by atoms with Crippen molar-refractivity contribution in [1.82, 2.24) is 5.32 Å². The number of hydrogen-bond acceptors (Lipinski definition) is 3. The maximum absolute atomic E-state index is 12.1. The van der Waals surface area contributed by atoms with Gasteiger partial charge in [-0.15, -0.1) is 0 Å². The highest BCUT2D eigenvalue weighted by molar-refractivity contribution is 5.94. The van der Waals surface area contributed by atoms with Crippen LogP contribution in [0.25, 0.3) is 0 Å². The van der Waals surface area contributed by atoms with E-state index < -0.39 is 4.92 Å². The van der Waals surface area contributed by atoms with Crippen LogP contribution in [0.2, 0.25) is 0 Å². The van der Waals surface area contributed by atoms with Crippen LogP contribution >= 0.6 is 0 Å². The van der Waals surface area contributed by atoms with Crippen LogP contribution in [-0.2, 0) is 0 Å². The van der Waals surface area contributed by atoms with Crippen LogP contribution in [0.4, 0.5) is 5.69 Å². The highest BCUT2D eigenvalue weighted by Crippen LogP contribution is 2.18. The highest BCUT2D eigenvalue weighted by Gasteiger charge is 2.13. The van der Waals surface area contributed by atoms with Crippen molar-refractivity contribution in [2.24, 2.45) is 0 Å². The Morgan fingerprint density at radius 2 is 1.77 bits per heavy atom. The van der Waals surface area contributed by atoms with E-state index in [2.05, 4.69) is 12.2 Å². The first-order valence-corrected chi connectivity index (χ1v) is 7.19. The number of non-ortho nitro benzene ring substituents is 1. The minimum atomic E-state index is -0.482. The lowest BCUT2D eigenvalue weighted by Gasteiger charge is -2.16. The molecule has 0 heterocycles. The summed E-state index contributed by atoms with van der Waals surface area (Å²) in [6, 6.07) is 15.6. The minimum Gasteiger partial charge on any atom is -0.351 e. The first kappa shape index (κ1) is 15.7. The summed E-state index contributed by atoms with van der Waals surface area (Å²) in [6.45, 7) is 2.62. The number of nitrogens with zero attached hydrogens (tertiary/aromatic N) is 1. The minimum absolute atomic E-state index is 0.0210.